The Morgan fingerprint density at radius 3 is 2.87 bits per heavy atom. The average Bonchev–Trinajstić information content (AvgIpc) is 2.26. The lowest BCUT2D eigenvalue weighted by Gasteiger charge is -2.10. The number of hydrogen-bond acceptors (Lipinski definition) is 4. The van der Waals surface area contributed by atoms with Crippen molar-refractivity contribution in [3.8, 4) is 0 Å². The van der Waals surface area contributed by atoms with Crippen LogP contribution in [0.2, 0.25) is 0 Å². The molecule has 0 aliphatic heterocycles. The standard InChI is InChI=1S/C11H18N2O2/c1-15-9-11(14)8-13-7-4-10-2-5-12-6-3-10/h2-3,5-6,11,13-14H,4,7-9H2,1H3. The molecule has 0 saturated heterocycles. The number of rotatable bonds is 7. The molecule has 1 aromatic rings. The SMILES string of the molecule is COCC(O)CNCCc1ccncc1. The molecule has 1 unspecified atom stereocenters. The van der Waals surface area contributed by atoms with E-state index in [9.17, 15) is 5.11 Å². The Bertz CT molecular complexity index is 254. The molecule has 0 fully saturated rings. The van der Waals surface area contributed by atoms with Gasteiger partial charge in [-0.25, -0.2) is 0 Å². The molecule has 0 aromatic carbocycles. The van der Waals surface area contributed by atoms with Gasteiger partial charge in [0, 0.05) is 26.0 Å². The predicted molar refractivity (Wildman–Crippen MR) is 58.7 cm³/mol. The van der Waals surface area contributed by atoms with Crippen LogP contribution in [0.5, 0.6) is 0 Å². The van der Waals surface area contributed by atoms with Crippen LogP contribution < -0.4 is 5.32 Å². The molecule has 2 N–H and O–H groups in total. The smallest absolute Gasteiger partial charge is 0.0897 e. The summed E-state index contributed by atoms with van der Waals surface area (Å²) in [6.45, 7) is 1.80. The van der Waals surface area contributed by atoms with Gasteiger partial charge in [0.1, 0.15) is 0 Å². The van der Waals surface area contributed by atoms with Crippen molar-refractivity contribution in [2.75, 3.05) is 26.8 Å². The first kappa shape index (κ1) is 12.1. The Hall–Kier alpha value is -0.970. The minimum absolute atomic E-state index is 0.377. The van der Waals surface area contributed by atoms with E-state index in [1.165, 1.54) is 5.56 Å². The third kappa shape index (κ3) is 5.47. The van der Waals surface area contributed by atoms with Crippen molar-refractivity contribution in [2.45, 2.75) is 12.5 Å². The molecule has 0 spiro atoms. The molecule has 0 radical (unpaired) electrons. The number of methoxy groups -OCH3 is 1. The monoisotopic (exact) mass is 210 g/mol. The number of aliphatic hydroxyl groups excluding tert-OH is 1. The van der Waals surface area contributed by atoms with E-state index in [1.54, 1.807) is 19.5 Å². The van der Waals surface area contributed by atoms with Gasteiger partial charge in [0.2, 0.25) is 0 Å². The van der Waals surface area contributed by atoms with Crippen molar-refractivity contribution in [3.63, 3.8) is 0 Å². The average molecular weight is 210 g/mol. The summed E-state index contributed by atoms with van der Waals surface area (Å²) in [7, 11) is 1.58. The topological polar surface area (TPSA) is 54.4 Å². The van der Waals surface area contributed by atoms with Gasteiger partial charge in [-0.3, -0.25) is 4.98 Å². The highest BCUT2D eigenvalue weighted by Gasteiger charge is 2.01. The molecule has 0 saturated carbocycles. The molecular weight excluding hydrogens is 192 g/mol. The van der Waals surface area contributed by atoms with Gasteiger partial charge in [-0.2, -0.15) is 0 Å². The van der Waals surface area contributed by atoms with Gasteiger partial charge in [0.25, 0.3) is 0 Å². The van der Waals surface area contributed by atoms with Crippen molar-refractivity contribution >= 4 is 0 Å². The van der Waals surface area contributed by atoms with Crippen LogP contribution in [0.1, 0.15) is 5.56 Å². The van der Waals surface area contributed by atoms with Crippen molar-refractivity contribution in [2.24, 2.45) is 0 Å². The summed E-state index contributed by atoms with van der Waals surface area (Å²) in [6, 6.07) is 3.99. The van der Waals surface area contributed by atoms with Crippen molar-refractivity contribution < 1.29 is 9.84 Å². The zero-order chi connectivity index (χ0) is 10.9. The summed E-state index contributed by atoms with van der Waals surface area (Å²) in [5.41, 5.74) is 1.25. The van der Waals surface area contributed by atoms with Crippen molar-refractivity contribution in [1.29, 1.82) is 0 Å². The fourth-order valence-electron chi connectivity index (χ4n) is 1.30. The van der Waals surface area contributed by atoms with Gasteiger partial charge >= 0.3 is 0 Å². The third-order valence-electron chi connectivity index (χ3n) is 2.08. The summed E-state index contributed by atoms with van der Waals surface area (Å²) in [5.74, 6) is 0. The molecule has 0 aliphatic rings. The Kier molecular flexibility index (Phi) is 5.92. The molecule has 4 nitrogen and oxygen atoms in total. The van der Waals surface area contributed by atoms with Crippen LogP contribution >= 0.6 is 0 Å². The maximum Gasteiger partial charge on any atom is 0.0897 e. The number of aromatic nitrogens is 1. The second-order valence-corrected chi connectivity index (χ2v) is 3.42. The Morgan fingerprint density at radius 2 is 2.20 bits per heavy atom. The molecule has 15 heavy (non-hydrogen) atoms. The first-order valence-corrected chi connectivity index (χ1v) is 5.09. The molecule has 0 amide bonds. The second kappa shape index (κ2) is 7.34. The van der Waals surface area contributed by atoms with E-state index in [-0.39, 0.29) is 0 Å². The van der Waals surface area contributed by atoms with Gasteiger partial charge in [-0.1, -0.05) is 0 Å². The number of hydrogen-bond donors (Lipinski definition) is 2. The van der Waals surface area contributed by atoms with E-state index >= 15 is 0 Å². The summed E-state index contributed by atoms with van der Waals surface area (Å²) in [6.07, 6.45) is 4.10. The number of pyridine rings is 1. The molecule has 84 valence electrons. The first-order chi connectivity index (χ1) is 7.33. The van der Waals surface area contributed by atoms with Gasteiger partial charge < -0.3 is 15.2 Å². The molecule has 1 rings (SSSR count). The fourth-order valence-corrected chi connectivity index (χ4v) is 1.30. The van der Waals surface area contributed by atoms with E-state index in [4.69, 9.17) is 4.74 Å². The summed E-state index contributed by atoms with van der Waals surface area (Å²) in [4.78, 5) is 3.95. The van der Waals surface area contributed by atoms with Crippen LogP contribution in [-0.4, -0.2) is 43.0 Å². The van der Waals surface area contributed by atoms with Crippen LogP contribution in [0.3, 0.4) is 0 Å². The number of ether oxygens (including phenoxy) is 1. The highest BCUT2D eigenvalue weighted by molar-refractivity contribution is 5.09. The zero-order valence-electron chi connectivity index (χ0n) is 9.02. The molecule has 1 aromatic heterocycles. The van der Waals surface area contributed by atoms with Crippen LogP contribution in [0.4, 0.5) is 0 Å². The molecular formula is C11H18N2O2. The highest BCUT2D eigenvalue weighted by Crippen LogP contribution is 1.95. The molecule has 1 heterocycles. The minimum atomic E-state index is -0.424. The van der Waals surface area contributed by atoms with Gasteiger partial charge in [-0.15, -0.1) is 0 Å². The van der Waals surface area contributed by atoms with Crippen LogP contribution in [-0.2, 0) is 11.2 Å². The number of aliphatic hydroxyl groups is 1. The molecule has 0 aliphatic carbocycles. The van der Waals surface area contributed by atoms with E-state index in [0.717, 1.165) is 13.0 Å². The van der Waals surface area contributed by atoms with Crippen LogP contribution in [0.25, 0.3) is 0 Å². The Morgan fingerprint density at radius 1 is 1.47 bits per heavy atom. The fraction of sp³-hybridized carbons (Fsp3) is 0.545. The van der Waals surface area contributed by atoms with E-state index in [2.05, 4.69) is 10.3 Å². The lowest BCUT2D eigenvalue weighted by atomic mass is 10.2. The van der Waals surface area contributed by atoms with Gasteiger partial charge in [-0.05, 0) is 30.7 Å². The van der Waals surface area contributed by atoms with Crippen LogP contribution in [0.15, 0.2) is 24.5 Å². The number of nitrogens with zero attached hydrogens (tertiary/aromatic N) is 1. The maximum atomic E-state index is 9.35. The first-order valence-electron chi connectivity index (χ1n) is 5.09. The normalized spacial score (nSPS) is 12.7. The summed E-state index contributed by atoms with van der Waals surface area (Å²) >= 11 is 0. The lowest BCUT2D eigenvalue weighted by molar-refractivity contribution is 0.0648. The van der Waals surface area contributed by atoms with Crippen molar-refractivity contribution in [1.82, 2.24) is 10.3 Å². The predicted octanol–water partition coefficient (Wildman–Crippen LogP) is 0.221. The third-order valence-corrected chi connectivity index (χ3v) is 2.08. The Balaban J connectivity index is 2.07. The van der Waals surface area contributed by atoms with E-state index in [1.807, 2.05) is 12.1 Å². The zero-order valence-corrected chi connectivity index (χ0v) is 9.02. The highest BCUT2D eigenvalue weighted by atomic mass is 16.5. The largest absolute Gasteiger partial charge is 0.389 e. The number of nitrogens with one attached hydrogen (secondary N) is 1. The molecule has 0 bridgehead atoms. The maximum absolute atomic E-state index is 9.35. The summed E-state index contributed by atoms with van der Waals surface area (Å²) in [5, 5.41) is 12.5. The van der Waals surface area contributed by atoms with Gasteiger partial charge in [0.05, 0.1) is 12.7 Å². The van der Waals surface area contributed by atoms with E-state index < -0.39 is 6.10 Å². The van der Waals surface area contributed by atoms with Gasteiger partial charge in [0.15, 0.2) is 0 Å². The molecule has 4 heteroatoms. The molecule has 1 atom stereocenters. The summed E-state index contributed by atoms with van der Waals surface area (Å²) < 4.78 is 4.82. The van der Waals surface area contributed by atoms with Crippen molar-refractivity contribution in [3.05, 3.63) is 30.1 Å². The Labute approximate surface area is 90.3 Å². The lowest BCUT2D eigenvalue weighted by Crippen LogP contribution is -2.31. The second-order valence-electron chi connectivity index (χ2n) is 3.42. The van der Waals surface area contributed by atoms with Crippen LogP contribution in [0, 0.1) is 0 Å². The quantitative estimate of drug-likeness (QED) is 0.632. The van der Waals surface area contributed by atoms with E-state index in [0.29, 0.717) is 13.2 Å². The minimum Gasteiger partial charge on any atom is -0.389 e.